The summed E-state index contributed by atoms with van der Waals surface area (Å²) in [5.41, 5.74) is 5.59. The Morgan fingerprint density at radius 1 is 1.18 bits per heavy atom. The second-order valence-electron chi connectivity index (χ2n) is 5.71. The fourth-order valence-electron chi connectivity index (χ4n) is 3.38. The van der Waals surface area contributed by atoms with Crippen molar-refractivity contribution >= 4 is 29.1 Å². The zero-order valence-electron chi connectivity index (χ0n) is 11.9. The molecule has 1 saturated carbocycles. The Hall–Kier alpha value is -2.15. The molecule has 7 heteroatoms. The Morgan fingerprint density at radius 3 is 2.45 bits per heavy atom. The predicted octanol–water partition coefficient (Wildman–Crippen LogP) is 1.34. The number of allylic oxidation sites excluding steroid dienone is 2. The number of carboxylic acid groups (broad SMARTS) is 1. The SMILES string of the molecule is Cc1ccsc1C(=O)NNC(=O)[C@H]1[C@H](C(=O)O)[C@H]2C=C[C@H]1C2. The maximum atomic E-state index is 12.3. The molecule has 0 unspecified atom stereocenters. The van der Waals surface area contributed by atoms with E-state index in [0.717, 1.165) is 5.56 Å². The molecule has 3 rings (SSSR count). The highest BCUT2D eigenvalue weighted by atomic mass is 32.1. The highest BCUT2D eigenvalue weighted by Crippen LogP contribution is 2.48. The molecule has 2 amide bonds. The first-order valence-corrected chi connectivity index (χ1v) is 7.92. The van der Waals surface area contributed by atoms with Gasteiger partial charge < -0.3 is 5.11 Å². The van der Waals surface area contributed by atoms with Crippen LogP contribution >= 0.6 is 11.3 Å². The van der Waals surface area contributed by atoms with Crippen LogP contribution in [0.4, 0.5) is 0 Å². The number of carboxylic acids is 1. The number of rotatable bonds is 3. The molecule has 22 heavy (non-hydrogen) atoms. The van der Waals surface area contributed by atoms with Crippen molar-refractivity contribution < 1.29 is 19.5 Å². The number of thiophene rings is 1. The van der Waals surface area contributed by atoms with E-state index in [1.165, 1.54) is 11.3 Å². The first-order chi connectivity index (χ1) is 10.5. The van der Waals surface area contributed by atoms with Crippen LogP contribution in [-0.4, -0.2) is 22.9 Å². The third-order valence-corrected chi connectivity index (χ3v) is 5.43. The number of carbonyl (C=O) groups excluding carboxylic acids is 2. The summed E-state index contributed by atoms with van der Waals surface area (Å²) in [4.78, 5) is 36.2. The minimum atomic E-state index is -0.961. The molecule has 0 aromatic carbocycles. The maximum Gasteiger partial charge on any atom is 0.307 e. The van der Waals surface area contributed by atoms with Crippen LogP contribution in [0.15, 0.2) is 23.6 Å². The summed E-state index contributed by atoms with van der Waals surface area (Å²) < 4.78 is 0. The van der Waals surface area contributed by atoms with Crippen LogP contribution in [-0.2, 0) is 9.59 Å². The molecule has 116 valence electrons. The number of amides is 2. The van der Waals surface area contributed by atoms with E-state index in [9.17, 15) is 19.5 Å². The van der Waals surface area contributed by atoms with Gasteiger partial charge in [-0.3, -0.25) is 25.2 Å². The number of nitrogens with one attached hydrogen (secondary N) is 2. The minimum Gasteiger partial charge on any atom is -0.481 e. The summed E-state index contributed by atoms with van der Waals surface area (Å²) >= 11 is 1.29. The largest absolute Gasteiger partial charge is 0.481 e. The van der Waals surface area contributed by atoms with Crippen molar-refractivity contribution in [3.8, 4) is 0 Å². The third-order valence-electron chi connectivity index (χ3n) is 4.41. The number of aryl methyl sites for hydroxylation is 1. The van der Waals surface area contributed by atoms with E-state index in [1.54, 1.807) is 5.38 Å². The molecule has 2 bridgehead atoms. The lowest BCUT2D eigenvalue weighted by Gasteiger charge is -2.23. The van der Waals surface area contributed by atoms with Crippen molar-refractivity contribution in [1.29, 1.82) is 0 Å². The van der Waals surface area contributed by atoms with Gasteiger partial charge in [-0.15, -0.1) is 11.3 Å². The van der Waals surface area contributed by atoms with Gasteiger partial charge >= 0.3 is 5.97 Å². The molecule has 0 aliphatic heterocycles. The van der Waals surface area contributed by atoms with Crippen LogP contribution in [0, 0.1) is 30.6 Å². The summed E-state index contributed by atoms with van der Waals surface area (Å²) in [6.07, 6.45) is 4.47. The van der Waals surface area contributed by atoms with Crippen LogP contribution in [0.3, 0.4) is 0 Å². The van der Waals surface area contributed by atoms with E-state index in [4.69, 9.17) is 0 Å². The van der Waals surface area contributed by atoms with Gasteiger partial charge in [-0.2, -0.15) is 0 Å². The molecule has 2 aliphatic carbocycles. The van der Waals surface area contributed by atoms with Gasteiger partial charge in [0, 0.05) is 0 Å². The topological polar surface area (TPSA) is 95.5 Å². The van der Waals surface area contributed by atoms with Gasteiger partial charge in [0.15, 0.2) is 0 Å². The van der Waals surface area contributed by atoms with Crippen LogP contribution in [0.25, 0.3) is 0 Å². The number of fused-ring (bicyclic) bond motifs is 2. The van der Waals surface area contributed by atoms with Crippen LogP contribution in [0.2, 0.25) is 0 Å². The second kappa shape index (κ2) is 5.57. The fourth-order valence-corrected chi connectivity index (χ4v) is 4.20. The van der Waals surface area contributed by atoms with Crippen molar-refractivity contribution in [2.45, 2.75) is 13.3 Å². The van der Waals surface area contributed by atoms with Gasteiger partial charge in [-0.05, 0) is 42.2 Å². The number of aliphatic carboxylic acids is 1. The average molecular weight is 320 g/mol. The molecule has 0 saturated heterocycles. The van der Waals surface area contributed by atoms with Gasteiger partial charge in [0.1, 0.15) is 0 Å². The van der Waals surface area contributed by atoms with E-state index in [2.05, 4.69) is 10.9 Å². The normalized spacial score (nSPS) is 28.6. The predicted molar refractivity (Wildman–Crippen MR) is 80.0 cm³/mol. The number of carbonyl (C=O) groups is 3. The van der Waals surface area contributed by atoms with E-state index >= 15 is 0 Å². The first-order valence-electron chi connectivity index (χ1n) is 7.04. The summed E-state index contributed by atoms with van der Waals surface area (Å²) in [5, 5.41) is 11.1. The van der Waals surface area contributed by atoms with Crippen LogP contribution < -0.4 is 10.9 Å². The zero-order valence-corrected chi connectivity index (χ0v) is 12.7. The quantitative estimate of drug-likeness (QED) is 0.578. The van der Waals surface area contributed by atoms with Crippen molar-refractivity contribution in [3.05, 3.63) is 34.0 Å². The molecule has 1 fully saturated rings. The number of hydrogen-bond acceptors (Lipinski definition) is 4. The Kier molecular flexibility index (Phi) is 3.74. The lowest BCUT2D eigenvalue weighted by atomic mass is 9.82. The lowest BCUT2D eigenvalue weighted by Crippen LogP contribution is -2.48. The minimum absolute atomic E-state index is 0.0634. The lowest BCUT2D eigenvalue weighted by molar-refractivity contribution is -0.148. The Labute approximate surface area is 131 Å². The molecule has 4 atom stereocenters. The second-order valence-corrected chi connectivity index (χ2v) is 6.63. The smallest absolute Gasteiger partial charge is 0.307 e. The monoisotopic (exact) mass is 320 g/mol. The third kappa shape index (κ3) is 2.41. The average Bonchev–Trinajstić information content (AvgIpc) is 3.18. The Morgan fingerprint density at radius 2 is 1.86 bits per heavy atom. The first kappa shape index (κ1) is 14.8. The molecule has 3 N–H and O–H groups in total. The zero-order chi connectivity index (χ0) is 15.9. The molecule has 1 aromatic rings. The molecular formula is C15H16N2O4S. The maximum absolute atomic E-state index is 12.3. The van der Waals surface area contributed by atoms with Crippen LogP contribution in [0.5, 0.6) is 0 Å². The molecule has 1 aromatic heterocycles. The van der Waals surface area contributed by atoms with E-state index in [-0.39, 0.29) is 17.7 Å². The van der Waals surface area contributed by atoms with Crippen molar-refractivity contribution in [2.75, 3.05) is 0 Å². The summed E-state index contributed by atoms with van der Waals surface area (Å²) in [6.45, 7) is 1.81. The van der Waals surface area contributed by atoms with Crippen molar-refractivity contribution in [3.63, 3.8) is 0 Å². The van der Waals surface area contributed by atoms with Crippen LogP contribution in [0.1, 0.15) is 21.7 Å². The molecule has 0 spiro atoms. The number of hydrazine groups is 1. The van der Waals surface area contributed by atoms with E-state index in [1.807, 2.05) is 25.1 Å². The van der Waals surface area contributed by atoms with Gasteiger partial charge in [0.05, 0.1) is 16.7 Å². The highest BCUT2D eigenvalue weighted by Gasteiger charge is 2.51. The summed E-state index contributed by atoms with van der Waals surface area (Å²) in [6, 6.07) is 1.82. The molecular weight excluding hydrogens is 304 g/mol. The molecule has 6 nitrogen and oxygen atoms in total. The molecule has 2 aliphatic rings. The Balaban J connectivity index is 1.65. The van der Waals surface area contributed by atoms with Gasteiger partial charge in [0.25, 0.3) is 5.91 Å². The van der Waals surface area contributed by atoms with Gasteiger partial charge in [0.2, 0.25) is 5.91 Å². The summed E-state index contributed by atoms with van der Waals surface area (Å²) in [5.74, 6) is -3.27. The fraction of sp³-hybridized carbons (Fsp3) is 0.400. The van der Waals surface area contributed by atoms with Gasteiger partial charge in [-0.1, -0.05) is 12.2 Å². The molecule has 1 heterocycles. The highest BCUT2D eigenvalue weighted by molar-refractivity contribution is 7.12. The van der Waals surface area contributed by atoms with Gasteiger partial charge in [-0.25, -0.2) is 0 Å². The van der Waals surface area contributed by atoms with Crippen molar-refractivity contribution in [1.82, 2.24) is 10.9 Å². The standard InChI is InChI=1S/C15H16N2O4S/c1-7-4-5-22-12(7)14(19)17-16-13(18)10-8-2-3-9(6-8)11(10)15(20)21/h2-5,8-11H,6H2,1H3,(H,16,18)(H,17,19)(H,20,21)/t8-,9-,10+,11+/m0/s1. The van der Waals surface area contributed by atoms with E-state index in [0.29, 0.717) is 11.3 Å². The summed E-state index contributed by atoms with van der Waals surface area (Å²) in [7, 11) is 0. The Bertz CT molecular complexity index is 666. The van der Waals surface area contributed by atoms with E-state index < -0.39 is 23.7 Å². The number of hydrogen-bond donors (Lipinski definition) is 3. The van der Waals surface area contributed by atoms with Crippen molar-refractivity contribution in [2.24, 2.45) is 23.7 Å². The molecule has 0 radical (unpaired) electrons.